The monoisotopic (exact) mass is 513 g/mol. The molecule has 1 aromatic carbocycles. The number of nitrogens with zero attached hydrogens (tertiary/aromatic N) is 3. The molecule has 2 unspecified atom stereocenters. The van der Waals surface area contributed by atoms with Gasteiger partial charge in [-0.15, -0.1) is 24.0 Å². The number of nitrogens with one attached hydrogen (secondary N) is 2. The van der Waals surface area contributed by atoms with E-state index in [1.165, 1.54) is 5.56 Å². The molecule has 0 radical (unpaired) electrons. The van der Waals surface area contributed by atoms with Crippen LogP contribution in [-0.2, 0) is 0 Å². The van der Waals surface area contributed by atoms with Gasteiger partial charge in [-0.25, -0.2) is 0 Å². The van der Waals surface area contributed by atoms with Crippen LogP contribution < -0.4 is 10.6 Å². The van der Waals surface area contributed by atoms with Crippen LogP contribution in [-0.4, -0.2) is 63.1 Å². The van der Waals surface area contributed by atoms with Crippen molar-refractivity contribution in [1.29, 1.82) is 0 Å². The zero-order chi connectivity index (χ0) is 20.4. The number of likely N-dealkylation sites (N-methyl/N-ethyl adjacent to an activating group) is 2. The zero-order valence-corrected chi connectivity index (χ0v) is 20.6. The Morgan fingerprint density at radius 1 is 0.966 bits per heavy atom. The summed E-state index contributed by atoms with van der Waals surface area (Å²) in [5.41, 5.74) is 1.32. The Bertz CT molecular complexity index is 686. The van der Waals surface area contributed by atoms with E-state index in [1.54, 1.807) is 6.26 Å². The highest BCUT2D eigenvalue weighted by molar-refractivity contribution is 14.0. The number of hydrogen-bond donors (Lipinski definition) is 2. The zero-order valence-electron chi connectivity index (χ0n) is 18.3. The number of aliphatic imine (C=N–C) groups is 1. The Kier molecular flexibility index (Phi) is 11.9. The van der Waals surface area contributed by atoms with Gasteiger partial charge in [0.05, 0.1) is 18.3 Å². The fourth-order valence-electron chi connectivity index (χ4n) is 3.42. The lowest BCUT2D eigenvalue weighted by atomic mass is 10.1. The molecule has 2 aromatic rings. The minimum absolute atomic E-state index is 0. The van der Waals surface area contributed by atoms with Crippen molar-refractivity contribution in [2.75, 3.05) is 47.3 Å². The van der Waals surface area contributed by atoms with Crippen molar-refractivity contribution >= 4 is 29.9 Å². The van der Waals surface area contributed by atoms with E-state index in [-0.39, 0.29) is 30.0 Å². The molecule has 162 valence electrons. The van der Waals surface area contributed by atoms with Gasteiger partial charge in [0.2, 0.25) is 0 Å². The van der Waals surface area contributed by atoms with Gasteiger partial charge in [-0.05, 0) is 44.9 Å². The maximum Gasteiger partial charge on any atom is 0.191 e. The third-order valence-electron chi connectivity index (χ3n) is 5.08. The molecule has 1 aromatic heterocycles. The second-order valence-electron chi connectivity index (χ2n) is 6.98. The van der Waals surface area contributed by atoms with Crippen LogP contribution in [0.25, 0.3) is 0 Å². The van der Waals surface area contributed by atoms with Crippen LogP contribution in [0.1, 0.15) is 37.3 Å². The third kappa shape index (κ3) is 7.64. The largest absolute Gasteiger partial charge is 0.468 e. The van der Waals surface area contributed by atoms with Crippen molar-refractivity contribution in [3.8, 4) is 0 Å². The van der Waals surface area contributed by atoms with E-state index in [0.29, 0.717) is 12.6 Å². The summed E-state index contributed by atoms with van der Waals surface area (Å²) in [6, 6.07) is 15.0. The van der Waals surface area contributed by atoms with Crippen LogP contribution in [0.2, 0.25) is 0 Å². The first-order valence-corrected chi connectivity index (χ1v) is 10.0. The summed E-state index contributed by atoms with van der Waals surface area (Å²) in [6.45, 7) is 7.92. The second kappa shape index (κ2) is 13.6. The van der Waals surface area contributed by atoms with Crippen molar-refractivity contribution < 1.29 is 4.42 Å². The van der Waals surface area contributed by atoms with Gasteiger partial charge in [0.15, 0.2) is 5.96 Å². The predicted octanol–water partition coefficient (Wildman–Crippen LogP) is 3.75. The van der Waals surface area contributed by atoms with Crippen LogP contribution in [0.15, 0.2) is 58.1 Å². The summed E-state index contributed by atoms with van der Waals surface area (Å²) in [5.74, 6) is 1.74. The van der Waals surface area contributed by atoms with Crippen LogP contribution in [0, 0.1) is 0 Å². The summed E-state index contributed by atoms with van der Waals surface area (Å²) < 4.78 is 5.59. The maximum atomic E-state index is 5.59. The van der Waals surface area contributed by atoms with E-state index in [9.17, 15) is 0 Å². The molecule has 2 atom stereocenters. The molecule has 0 fully saturated rings. The molecule has 0 aliphatic rings. The number of guanidine groups is 1. The van der Waals surface area contributed by atoms with Crippen LogP contribution in [0.4, 0.5) is 0 Å². The first-order valence-electron chi connectivity index (χ1n) is 10.0. The van der Waals surface area contributed by atoms with E-state index < -0.39 is 0 Å². The van der Waals surface area contributed by atoms with Gasteiger partial charge in [0.1, 0.15) is 5.76 Å². The topological polar surface area (TPSA) is 56.0 Å². The van der Waals surface area contributed by atoms with Crippen molar-refractivity contribution in [3.63, 3.8) is 0 Å². The van der Waals surface area contributed by atoms with Gasteiger partial charge in [0, 0.05) is 20.1 Å². The number of rotatable bonds is 10. The molecule has 0 aliphatic carbocycles. The Balaban J connectivity index is 0.00000420. The predicted molar refractivity (Wildman–Crippen MR) is 132 cm³/mol. The summed E-state index contributed by atoms with van der Waals surface area (Å²) >= 11 is 0. The quantitative estimate of drug-likeness (QED) is 0.288. The van der Waals surface area contributed by atoms with Crippen molar-refractivity contribution in [1.82, 2.24) is 20.4 Å². The molecule has 0 bridgehead atoms. The summed E-state index contributed by atoms with van der Waals surface area (Å²) in [5, 5.41) is 6.94. The molecule has 1 heterocycles. The fourth-order valence-corrected chi connectivity index (χ4v) is 3.42. The fraction of sp³-hybridized carbons (Fsp3) is 0.500. The Hall–Kier alpha value is -1.58. The number of benzene rings is 1. The Morgan fingerprint density at radius 3 is 2.07 bits per heavy atom. The minimum atomic E-state index is 0. The van der Waals surface area contributed by atoms with Crippen LogP contribution in [0.3, 0.4) is 0 Å². The first kappa shape index (κ1) is 25.5. The molecule has 6 nitrogen and oxygen atoms in total. The Morgan fingerprint density at radius 2 is 1.59 bits per heavy atom. The number of hydrogen-bond acceptors (Lipinski definition) is 4. The normalized spacial score (nSPS) is 13.8. The van der Waals surface area contributed by atoms with Gasteiger partial charge in [-0.3, -0.25) is 14.8 Å². The summed E-state index contributed by atoms with van der Waals surface area (Å²) in [4.78, 5) is 9.00. The van der Waals surface area contributed by atoms with Gasteiger partial charge >= 0.3 is 0 Å². The highest BCUT2D eigenvalue weighted by atomic mass is 127. The van der Waals surface area contributed by atoms with Crippen molar-refractivity contribution in [2.24, 2.45) is 4.99 Å². The molecule has 0 amide bonds. The molecular formula is C22H36IN5O. The first-order chi connectivity index (χ1) is 13.6. The molecule has 2 N–H and O–H groups in total. The van der Waals surface area contributed by atoms with E-state index in [2.05, 4.69) is 83.7 Å². The molecule has 0 aliphatic heterocycles. The molecule has 29 heavy (non-hydrogen) atoms. The number of halogens is 1. The second-order valence-corrected chi connectivity index (χ2v) is 6.98. The van der Waals surface area contributed by atoms with Gasteiger partial charge < -0.3 is 15.1 Å². The highest BCUT2D eigenvalue weighted by Gasteiger charge is 2.20. The smallest absolute Gasteiger partial charge is 0.191 e. The number of furan rings is 1. The molecule has 0 saturated carbocycles. The lowest BCUT2D eigenvalue weighted by molar-refractivity contribution is 0.218. The maximum absolute atomic E-state index is 5.59. The molecule has 0 spiro atoms. The van der Waals surface area contributed by atoms with Gasteiger partial charge in [-0.2, -0.15) is 0 Å². The van der Waals surface area contributed by atoms with E-state index in [1.807, 2.05) is 19.2 Å². The minimum Gasteiger partial charge on any atom is -0.468 e. The highest BCUT2D eigenvalue weighted by Crippen LogP contribution is 2.20. The molecular weight excluding hydrogens is 477 g/mol. The van der Waals surface area contributed by atoms with Crippen LogP contribution in [0.5, 0.6) is 0 Å². The molecule has 0 saturated heterocycles. The summed E-state index contributed by atoms with van der Waals surface area (Å²) in [6.07, 6.45) is 1.72. The van der Waals surface area contributed by atoms with Crippen molar-refractivity contribution in [3.05, 3.63) is 60.1 Å². The average Bonchev–Trinajstić information content (AvgIpc) is 3.24. The van der Waals surface area contributed by atoms with Gasteiger partial charge in [-0.1, -0.05) is 44.2 Å². The van der Waals surface area contributed by atoms with Crippen molar-refractivity contribution in [2.45, 2.75) is 25.9 Å². The standard InChI is InChI=1S/C22H35N5O.HI/c1-6-27(7-2)19(18-12-9-8-10-13-18)16-24-22(23-3)25-17-20(26(4)5)21-14-11-15-28-21;/h8-15,19-20H,6-7,16-17H2,1-5H3,(H2,23,24,25);1H. The Labute approximate surface area is 192 Å². The molecule has 2 rings (SSSR count). The lowest BCUT2D eigenvalue weighted by Crippen LogP contribution is -2.45. The SMILES string of the molecule is CCN(CC)C(CNC(=NC)NCC(c1ccco1)N(C)C)c1ccccc1.I. The lowest BCUT2D eigenvalue weighted by Gasteiger charge is -2.31. The van der Waals surface area contributed by atoms with E-state index >= 15 is 0 Å². The van der Waals surface area contributed by atoms with Crippen LogP contribution >= 0.6 is 24.0 Å². The van der Waals surface area contributed by atoms with E-state index in [0.717, 1.165) is 31.4 Å². The van der Waals surface area contributed by atoms with Gasteiger partial charge in [0.25, 0.3) is 0 Å². The molecule has 7 heteroatoms. The van der Waals surface area contributed by atoms with E-state index in [4.69, 9.17) is 4.42 Å². The average molecular weight is 513 g/mol. The summed E-state index contributed by atoms with van der Waals surface area (Å²) in [7, 11) is 5.91. The third-order valence-corrected chi connectivity index (χ3v) is 5.08.